The molecule has 0 atom stereocenters. The summed E-state index contributed by atoms with van der Waals surface area (Å²) in [5.74, 6) is 0.706. The average Bonchev–Trinajstić information content (AvgIpc) is 3.68. The Morgan fingerprint density at radius 1 is 0.564 bits per heavy atom. The molecule has 5 heteroatoms. The van der Waals surface area contributed by atoms with Gasteiger partial charge in [-0.1, -0.05) is 78.9 Å². The molecule has 7 aromatic rings. The lowest BCUT2D eigenvalue weighted by Crippen LogP contribution is -2.01. The standard InChI is InChI=1S/C34H18N4S/c1-2-9-19(10-3-1)30-33-32(22-12-5-7-16-27(22)39-33)38-34(37-30)23-13-8-15-25-28(23)29-26(35-25)18-17-21-20-11-4-6-14-24(20)36-31(21)29/h1-18H. The first-order chi connectivity index (χ1) is 19.3. The zero-order valence-electron chi connectivity index (χ0n) is 20.6. The van der Waals surface area contributed by atoms with Crippen LogP contribution in [0.1, 0.15) is 0 Å². The molecule has 0 saturated heterocycles. The Labute approximate surface area is 226 Å². The Balaban J connectivity index is 1.38. The maximum absolute atomic E-state index is 5.25. The monoisotopic (exact) mass is 514 g/mol. The molecule has 0 fully saturated rings. The van der Waals surface area contributed by atoms with Gasteiger partial charge in [0.15, 0.2) is 5.82 Å². The summed E-state index contributed by atoms with van der Waals surface area (Å²) in [5.41, 5.74) is 8.04. The van der Waals surface area contributed by atoms with E-state index in [9.17, 15) is 0 Å². The summed E-state index contributed by atoms with van der Waals surface area (Å²) in [7, 11) is 0. The van der Waals surface area contributed by atoms with E-state index in [1.807, 2.05) is 12.1 Å². The number of rotatable bonds is 2. The van der Waals surface area contributed by atoms with Crippen molar-refractivity contribution in [2.24, 2.45) is 9.98 Å². The van der Waals surface area contributed by atoms with Gasteiger partial charge in [0.25, 0.3) is 0 Å². The molecule has 0 amide bonds. The third kappa shape index (κ3) is 2.93. The van der Waals surface area contributed by atoms with Crippen LogP contribution in [0, 0.1) is 10.4 Å². The molecular weight excluding hydrogens is 496 g/mol. The van der Waals surface area contributed by atoms with E-state index >= 15 is 0 Å². The highest BCUT2D eigenvalue weighted by atomic mass is 32.1. The van der Waals surface area contributed by atoms with Gasteiger partial charge in [-0.25, -0.2) is 20.0 Å². The lowest BCUT2D eigenvalue weighted by atomic mass is 9.96. The number of nitrogens with zero attached hydrogens (tertiary/aromatic N) is 4. The largest absolute Gasteiger partial charge is 0.248 e. The first-order valence-corrected chi connectivity index (χ1v) is 13.7. The topological polar surface area (TPSA) is 50.5 Å². The minimum Gasteiger partial charge on any atom is -0.248 e. The van der Waals surface area contributed by atoms with E-state index in [1.165, 1.54) is 4.70 Å². The molecule has 2 aromatic heterocycles. The van der Waals surface area contributed by atoms with E-state index in [0.29, 0.717) is 5.82 Å². The SMILES string of the molecule is c1ccc(-c2nc(-c3cccc4c3-c3c5c(ccc3=N4)=c3ccccc3=N5)nc3c2sc2ccccc23)cc1. The van der Waals surface area contributed by atoms with E-state index in [2.05, 4.69) is 97.1 Å². The molecule has 0 radical (unpaired) electrons. The fraction of sp³-hybridized carbons (Fsp3) is 0. The van der Waals surface area contributed by atoms with E-state index < -0.39 is 0 Å². The Morgan fingerprint density at radius 3 is 2.36 bits per heavy atom. The third-order valence-electron chi connectivity index (χ3n) is 7.62. The molecule has 4 heterocycles. The number of fused-ring (bicyclic) bond motifs is 9. The molecule has 9 rings (SSSR count). The van der Waals surface area contributed by atoms with Crippen LogP contribution < -0.4 is 10.7 Å². The summed E-state index contributed by atoms with van der Waals surface area (Å²) in [6.45, 7) is 0. The lowest BCUT2D eigenvalue weighted by molar-refractivity contribution is 1.24. The zero-order valence-corrected chi connectivity index (χ0v) is 21.4. The minimum absolute atomic E-state index is 0.706. The van der Waals surface area contributed by atoms with Crippen LogP contribution in [0.2, 0.25) is 0 Å². The predicted molar refractivity (Wildman–Crippen MR) is 157 cm³/mol. The van der Waals surface area contributed by atoms with Crippen LogP contribution in [0.3, 0.4) is 0 Å². The second-order valence-corrected chi connectivity index (χ2v) is 10.9. The summed E-state index contributed by atoms with van der Waals surface area (Å²) in [6, 6.07) is 37.7. The van der Waals surface area contributed by atoms with Crippen molar-refractivity contribution in [3.05, 3.63) is 130 Å². The third-order valence-corrected chi connectivity index (χ3v) is 8.79. The molecule has 0 saturated carbocycles. The van der Waals surface area contributed by atoms with Crippen molar-refractivity contribution in [3.8, 4) is 33.8 Å². The maximum Gasteiger partial charge on any atom is 0.161 e. The van der Waals surface area contributed by atoms with Crippen LogP contribution in [0.25, 0.3) is 54.1 Å². The lowest BCUT2D eigenvalue weighted by Gasteiger charge is -2.12. The van der Waals surface area contributed by atoms with Gasteiger partial charge in [0.1, 0.15) is 0 Å². The molecule has 2 aliphatic rings. The Kier molecular flexibility index (Phi) is 4.18. The van der Waals surface area contributed by atoms with Gasteiger partial charge < -0.3 is 0 Å². The van der Waals surface area contributed by atoms with Crippen molar-refractivity contribution in [2.75, 3.05) is 0 Å². The predicted octanol–water partition coefficient (Wildman–Crippen LogP) is 7.66. The van der Waals surface area contributed by atoms with Gasteiger partial charge in [-0.3, -0.25) is 0 Å². The summed E-state index contributed by atoms with van der Waals surface area (Å²) >= 11 is 1.75. The number of hydrogen-bond acceptors (Lipinski definition) is 5. The highest BCUT2D eigenvalue weighted by Gasteiger charge is 2.26. The van der Waals surface area contributed by atoms with E-state index in [0.717, 1.165) is 76.1 Å². The quantitative estimate of drug-likeness (QED) is 0.238. The molecule has 0 aliphatic carbocycles. The molecule has 2 aliphatic heterocycles. The Hall–Kier alpha value is -5.00. The Morgan fingerprint density at radius 2 is 1.41 bits per heavy atom. The Bertz CT molecular complexity index is 2390. The average molecular weight is 515 g/mol. The van der Waals surface area contributed by atoms with E-state index in [4.69, 9.17) is 20.0 Å². The normalized spacial score (nSPS) is 12.5. The summed E-state index contributed by atoms with van der Waals surface area (Å²) in [5, 5.41) is 5.41. The van der Waals surface area contributed by atoms with Gasteiger partial charge in [0.2, 0.25) is 0 Å². The molecule has 0 N–H and O–H groups in total. The second kappa shape index (κ2) is 7.76. The fourth-order valence-electron chi connectivity index (χ4n) is 5.89. The first-order valence-electron chi connectivity index (χ1n) is 12.9. The molecule has 0 spiro atoms. The number of hydrogen-bond donors (Lipinski definition) is 0. The first kappa shape index (κ1) is 21.0. The van der Waals surface area contributed by atoms with Gasteiger partial charge in [-0.15, -0.1) is 11.3 Å². The molecule has 5 aromatic carbocycles. The van der Waals surface area contributed by atoms with Crippen molar-refractivity contribution in [2.45, 2.75) is 0 Å². The molecule has 39 heavy (non-hydrogen) atoms. The fourth-order valence-corrected chi connectivity index (χ4v) is 7.04. The summed E-state index contributed by atoms with van der Waals surface area (Å²) in [6.07, 6.45) is 0. The van der Waals surface area contributed by atoms with Crippen molar-refractivity contribution in [1.29, 1.82) is 0 Å². The van der Waals surface area contributed by atoms with Gasteiger partial charge in [-0.2, -0.15) is 0 Å². The van der Waals surface area contributed by atoms with Crippen molar-refractivity contribution >= 4 is 43.0 Å². The van der Waals surface area contributed by atoms with Crippen molar-refractivity contribution < 1.29 is 0 Å². The number of benzene rings is 5. The van der Waals surface area contributed by atoms with Gasteiger partial charge >= 0.3 is 0 Å². The second-order valence-electron chi connectivity index (χ2n) is 9.83. The highest BCUT2D eigenvalue weighted by molar-refractivity contribution is 7.26. The van der Waals surface area contributed by atoms with Crippen LogP contribution in [0.4, 0.5) is 11.4 Å². The van der Waals surface area contributed by atoms with Crippen LogP contribution in [-0.4, -0.2) is 9.97 Å². The van der Waals surface area contributed by atoms with E-state index in [-0.39, 0.29) is 0 Å². The van der Waals surface area contributed by atoms with Gasteiger partial charge in [-0.05, 0) is 30.3 Å². The molecule has 4 nitrogen and oxygen atoms in total. The van der Waals surface area contributed by atoms with Gasteiger partial charge in [0, 0.05) is 42.8 Å². The maximum atomic E-state index is 5.25. The molecule has 180 valence electrons. The van der Waals surface area contributed by atoms with Crippen molar-refractivity contribution in [1.82, 2.24) is 9.97 Å². The van der Waals surface area contributed by atoms with Gasteiger partial charge in [0.05, 0.1) is 38.0 Å². The highest BCUT2D eigenvalue weighted by Crippen LogP contribution is 2.46. The molecule has 0 bridgehead atoms. The number of aromatic nitrogens is 2. The summed E-state index contributed by atoms with van der Waals surface area (Å²) in [4.78, 5) is 20.6. The van der Waals surface area contributed by atoms with Crippen LogP contribution in [0.5, 0.6) is 0 Å². The molecule has 0 unspecified atom stereocenters. The molecular formula is C34H18N4S. The number of para-hydroxylation sites is 1. The van der Waals surface area contributed by atoms with E-state index in [1.54, 1.807) is 11.3 Å². The minimum atomic E-state index is 0.706. The number of thiophene rings is 1. The van der Waals surface area contributed by atoms with Crippen LogP contribution >= 0.6 is 11.3 Å². The van der Waals surface area contributed by atoms with Crippen molar-refractivity contribution in [3.63, 3.8) is 0 Å². The smallest absolute Gasteiger partial charge is 0.161 e. The summed E-state index contributed by atoms with van der Waals surface area (Å²) < 4.78 is 2.32. The van der Waals surface area contributed by atoms with Crippen LogP contribution in [0.15, 0.2) is 119 Å². The van der Waals surface area contributed by atoms with Crippen LogP contribution in [-0.2, 0) is 0 Å². The zero-order chi connectivity index (χ0) is 25.5.